The van der Waals surface area contributed by atoms with Gasteiger partial charge in [0.1, 0.15) is 5.78 Å². The minimum Gasteiger partial charge on any atom is -0.340 e. The van der Waals surface area contributed by atoms with Gasteiger partial charge in [-0.25, -0.2) is 0 Å². The Hall–Kier alpha value is -1.90. The smallest absolute Gasteiger partial charge is 0.251 e. The molecule has 0 radical (unpaired) electrons. The lowest BCUT2D eigenvalue weighted by atomic mass is 10.1. The summed E-state index contributed by atoms with van der Waals surface area (Å²) in [5, 5.41) is 2.85. The van der Waals surface area contributed by atoms with Crippen LogP contribution in [-0.2, 0) is 15.5 Å². The number of carbonyl (C=O) groups is 1. The molecular weight excluding hydrogens is 297 g/mol. The fraction of sp³-hybridized carbons (Fsp3) is 0.235. The van der Waals surface area contributed by atoms with Crippen molar-refractivity contribution >= 4 is 13.3 Å². The number of rotatable bonds is 6. The highest BCUT2D eigenvalue weighted by Crippen LogP contribution is 2.47. The summed E-state index contributed by atoms with van der Waals surface area (Å²) in [6, 6.07) is 18.5. The molecule has 2 atom stereocenters. The Kier molecular flexibility index (Phi) is 5.53. The van der Waals surface area contributed by atoms with Crippen molar-refractivity contribution in [3.63, 3.8) is 0 Å². The van der Waals surface area contributed by atoms with E-state index >= 15 is 0 Å². The standard InChI is InChI=1S/C17H20NO3P/c1-21-22(2,20)16(13-14-9-5-3-6-10-14)18-17(19)15-11-7-4-8-12-15/h3-12,16H,13H2,1-2H3,(H,18,19)/t16-,22?/m0/s1. The zero-order valence-corrected chi connectivity index (χ0v) is 13.6. The van der Waals surface area contributed by atoms with Crippen molar-refractivity contribution in [3.05, 3.63) is 71.8 Å². The second kappa shape index (κ2) is 7.39. The van der Waals surface area contributed by atoms with Crippen molar-refractivity contribution in [1.82, 2.24) is 5.32 Å². The van der Waals surface area contributed by atoms with Gasteiger partial charge in [0, 0.05) is 25.8 Å². The molecule has 5 heteroatoms. The maximum atomic E-state index is 12.6. The van der Waals surface area contributed by atoms with Crippen LogP contribution in [0.15, 0.2) is 60.7 Å². The largest absolute Gasteiger partial charge is 0.340 e. The SMILES string of the molecule is COP(C)(=O)[C@@H](Cc1ccccc1)NC(=O)c1ccccc1. The predicted molar refractivity (Wildman–Crippen MR) is 88.4 cm³/mol. The number of nitrogens with one attached hydrogen (secondary N) is 1. The topological polar surface area (TPSA) is 55.4 Å². The van der Waals surface area contributed by atoms with Crippen molar-refractivity contribution < 1.29 is 13.9 Å². The molecule has 1 N–H and O–H groups in total. The molecule has 0 aliphatic heterocycles. The van der Waals surface area contributed by atoms with Crippen LogP contribution in [-0.4, -0.2) is 25.5 Å². The average Bonchev–Trinajstić information content (AvgIpc) is 2.56. The van der Waals surface area contributed by atoms with Crippen molar-refractivity contribution in [2.75, 3.05) is 13.8 Å². The summed E-state index contributed by atoms with van der Waals surface area (Å²) in [6.45, 7) is 1.55. The van der Waals surface area contributed by atoms with E-state index in [1.807, 2.05) is 36.4 Å². The van der Waals surface area contributed by atoms with Crippen LogP contribution < -0.4 is 5.32 Å². The normalized spacial score (nSPS) is 14.8. The number of hydrogen-bond donors (Lipinski definition) is 1. The van der Waals surface area contributed by atoms with Gasteiger partial charge in [0.2, 0.25) is 7.37 Å². The van der Waals surface area contributed by atoms with Crippen LogP contribution in [0, 0.1) is 0 Å². The Labute approximate surface area is 131 Å². The molecule has 0 aliphatic carbocycles. The first-order valence-electron chi connectivity index (χ1n) is 7.05. The molecule has 0 heterocycles. The maximum absolute atomic E-state index is 12.6. The highest BCUT2D eigenvalue weighted by Gasteiger charge is 2.30. The fourth-order valence-electron chi connectivity index (χ4n) is 2.12. The third-order valence-electron chi connectivity index (χ3n) is 3.53. The van der Waals surface area contributed by atoms with E-state index in [2.05, 4.69) is 5.32 Å². The molecule has 1 unspecified atom stereocenters. The van der Waals surface area contributed by atoms with E-state index in [1.54, 1.807) is 30.9 Å². The quantitative estimate of drug-likeness (QED) is 0.829. The second-order valence-corrected chi connectivity index (χ2v) is 7.94. The van der Waals surface area contributed by atoms with Crippen LogP contribution in [0.2, 0.25) is 0 Å². The van der Waals surface area contributed by atoms with Gasteiger partial charge < -0.3 is 9.84 Å². The average molecular weight is 317 g/mol. The van der Waals surface area contributed by atoms with Gasteiger partial charge in [-0.1, -0.05) is 48.5 Å². The predicted octanol–water partition coefficient (Wildman–Crippen LogP) is 3.54. The van der Waals surface area contributed by atoms with E-state index in [1.165, 1.54) is 7.11 Å². The highest BCUT2D eigenvalue weighted by atomic mass is 31.2. The van der Waals surface area contributed by atoms with Gasteiger partial charge in [-0.2, -0.15) is 0 Å². The molecule has 0 saturated heterocycles. The number of amides is 1. The molecule has 2 aromatic carbocycles. The third-order valence-corrected chi connectivity index (χ3v) is 5.70. The van der Waals surface area contributed by atoms with Crippen LogP contribution >= 0.6 is 7.37 Å². The summed E-state index contributed by atoms with van der Waals surface area (Å²) in [5.41, 5.74) is 1.54. The van der Waals surface area contributed by atoms with Crippen LogP contribution in [0.5, 0.6) is 0 Å². The zero-order chi connectivity index (χ0) is 16.0. The number of hydrogen-bond acceptors (Lipinski definition) is 3. The van der Waals surface area contributed by atoms with Crippen molar-refractivity contribution in [1.29, 1.82) is 0 Å². The maximum Gasteiger partial charge on any atom is 0.251 e. The summed E-state index contributed by atoms with van der Waals surface area (Å²) in [6.07, 6.45) is 0.459. The fourth-order valence-corrected chi connectivity index (χ4v) is 3.27. The van der Waals surface area contributed by atoms with E-state index in [-0.39, 0.29) is 5.91 Å². The van der Waals surface area contributed by atoms with Gasteiger partial charge in [0.05, 0.1) is 0 Å². The molecule has 22 heavy (non-hydrogen) atoms. The zero-order valence-electron chi connectivity index (χ0n) is 12.7. The van der Waals surface area contributed by atoms with E-state index in [0.29, 0.717) is 12.0 Å². The molecule has 2 aromatic rings. The molecular formula is C17H20NO3P. The van der Waals surface area contributed by atoms with Crippen LogP contribution in [0.3, 0.4) is 0 Å². The van der Waals surface area contributed by atoms with Gasteiger partial charge in [-0.3, -0.25) is 9.36 Å². The molecule has 0 fully saturated rings. The summed E-state index contributed by atoms with van der Waals surface area (Å²) >= 11 is 0. The lowest BCUT2D eigenvalue weighted by Gasteiger charge is -2.24. The first kappa shape index (κ1) is 16.5. The Balaban J connectivity index is 2.18. The summed E-state index contributed by atoms with van der Waals surface area (Å²) in [4.78, 5) is 12.3. The minimum atomic E-state index is -2.96. The van der Waals surface area contributed by atoms with E-state index in [9.17, 15) is 9.36 Å². The Bertz CT molecular complexity index is 658. The summed E-state index contributed by atoms with van der Waals surface area (Å²) in [5.74, 6) is -0.812. The van der Waals surface area contributed by atoms with E-state index in [0.717, 1.165) is 5.56 Å². The third kappa shape index (κ3) is 4.30. The molecule has 1 amide bonds. The second-order valence-electron chi connectivity index (χ2n) is 5.14. The number of carbonyl (C=O) groups excluding carboxylic acids is 1. The Morgan fingerprint density at radius 2 is 1.64 bits per heavy atom. The Morgan fingerprint density at radius 3 is 2.18 bits per heavy atom. The van der Waals surface area contributed by atoms with Crippen LogP contribution in [0.1, 0.15) is 15.9 Å². The number of benzene rings is 2. The molecule has 0 bridgehead atoms. The minimum absolute atomic E-state index is 0.249. The molecule has 4 nitrogen and oxygen atoms in total. The van der Waals surface area contributed by atoms with Crippen LogP contribution in [0.25, 0.3) is 0 Å². The van der Waals surface area contributed by atoms with Gasteiger partial charge in [0.15, 0.2) is 0 Å². The molecule has 0 aromatic heterocycles. The van der Waals surface area contributed by atoms with Crippen molar-refractivity contribution in [2.45, 2.75) is 12.2 Å². The summed E-state index contributed by atoms with van der Waals surface area (Å²) < 4.78 is 17.8. The molecule has 116 valence electrons. The van der Waals surface area contributed by atoms with Gasteiger partial charge in [-0.15, -0.1) is 0 Å². The highest BCUT2D eigenvalue weighted by molar-refractivity contribution is 7.58. The van der Waals surface area contributed by atoms with Crippen LogP contribution in [0.4, 0.5) is 0 Å². The first-order chi connectivity index (χ1) is 10.5. The lowest BCUT2D eigenvalue weighted by Crippen LogP contribution is -2.36. The summed E-state index contributed by atoms with van der Waals surface area (Å²) in [7, 11) is -1.55. The van der Waals surface area contributed by atoms with Crippen molar-refractivity contribution in [2.24, 2.45) is 0 Å². The van der Waals surface area contributed by atoms with Gasteiger partial charge in [0.25, 0.3) is 5.91 Å². The van der Waals surface area contributed by atoms with Crippen molar-refractivity contribution in [3.8, 4) is 0 Å². The van der Waals surface area contributed by atoms with E-state index < -0.39 is 13.2 Å². The monoisotopic (exact) mass is 317 g/mol. The lowest BCUT2D eigenvalue weighted by molar-refractivity contribution is 0.0945. The Morgan fingerprint density at radius 1 is 1.09 bits per heavy atom. The van der Waals surface area contributed by atoms with E-state index in [4.69, 9.17) is 4.52 Å². The molecule has 0 saturated carbocycles. The van der Waals surface area contributed by atoms with Gasteiger partial charge in [-0.05, 0) is 17.7 Å². The molecule has 2 rings (SSSR count). The van der Waals surface area contributed by atoms with Gasteiger partial charge >= 0.3 is 0 Å². The molecule has 0 aliphatic rings. The molecule has 0 spiro atoms. The first-order valence-corrected chi connectivity index (χ1v) is 9.20.